The molecule has 0 unspecified atom stereocenters. The summed E-state index contributed by atoms with van der Waals surface area (Å²) < 4.78 is 1.86. The van der Waals surface area contributed by atoms with E-state index in [1.54, 1.807) is 0 Å². The van der Waals surface area contributed by atoms with Crippen LogP contribution in [-0.4, -0.2) is 27.9 Å². The highest BCUT2D eigenvalue weighted by atomic mass is 35.5. The fraction of sp³-hybridized carbons (Fsp3) is 0.333. The van der Waals surface area contributed by atoms with Crippen LogP contribution in [0.5, 0.6) is 0 Å². The van der Waals surface area contributed by atoms with Gasteiger partial charge in [-0.05, 0) is 25.1 Å². The number of benzene rings is 1. The van der Waals surface area contributed by atoms with E-state index in [1.165, 1.54) is 0 Å². The van der Waals surface area contributed by atoms with Crippen LogP contribution < -0.4 is 10.9 Å². The number of nitrogens with one attached hydrogen (secondary N) is 2. The van der Waals surface area contributed by atoms with E-state index in [9.17, 15) is 4.79 Å². The third-order valence-electron chi connectivity index (χ3n) is 4.22. The minimum atomic E-state index is 0.0259. The predicted molar refractivity (Wildman–Crippen MR) is 84.0 cm³/mol. The van der Waals surface area contributed by atoms with Crippen LogP contribution in [0.3, 0.4) is 0 Å². The molecule has 0 atom stereocenters. The Morgan fingerprint density at radius 1 is 1.43 bits per heavy atom. The van der Waals surface area contributed by atoms with Gasteiger partial charge in [0.05, 0.1) is 10.9 Å². The first-order valence-electron chi connectivity index (χ1n) is 7.02. The molecular formula is C15H15ClN4O. The molecule has 3 aromatic rings. The number of halogens is 1. The molecule has 0 aliphatic carbocycles. The largest absolute Gasteiger partial charge is 0.316 e. The van der Waals surface area contributed by atoms with Gasteiger partial charge in [-0.2, -0.15) is 5.10 Å². The SMILES string of the molecule is Cc1[nH]nc2c1c(=O)n(CC1CNC1)c1ccc(Cl)cc21. The van der Waals surface area contributed by atoms with Crippen molar-refractivity contribution in [3.05, 3.63) is 39.3 Å². The van der Waals surface area contributed by atoms with Crippen LogP contribution in [0.2, 0.25) is 5.02 Å². The van der Waals surface area contributed by atoms with Gasteiger partial charge in [0.2, 0.25) is 0 Å². The number of rotatable bonds is 2. The maximum Gasteiger partial charge on any atom is 0.262 e. The van der Waals surface area contributed by atoms with Gasteiger partial charge in [-0.15, -0.1) is 0 Å². The topological polar surface area (TPSA) is 62.7 Å². The summed E-state index contributed by atoms with van der Waals surface area (Å²) in [5.41, 5.74) is 2.43. The molecule has 1 fully saturated rings. The van der Waals surface area contributed by atoms with Gasteiger partial charge in [-0.1, -0.05) is 11.6 Å². The fourth-order valence-corrected chi connectivity index (χ4v) is 3.15. The van der Waals surface area contributed by atoms with Gasteiger partial charge in [-0.3, -0.25) is 9.89 Å². The molecule has 21 heavy (non-hydrogen) atoms. The number of hydrogen-bond acceptors (Lipinski definition) is 3. The van der Waals surface area contributed by atoms with Gasteiger partial charge in [0.15, 0.2) is 0 Å². The van der Waals surface area contributed by atoms with Crippen molar-refractivity contribution in [1.29, 1.82) is 0 Å². The van der Waals surface area contributed by atoms with Gasteiger partial charge in [0, 0.05) is 41.7 Å². The predicted octanol–water partition coefficient (Wildman–Crippen LogP) is 2.06. The Hall–Kier alpha value is -1.85. The lowest BCUT2D eigenvalue weighted by Gasteiger charge is -2.28. The van der Waals surface area contributed by atoms with Crippen molar-refractivity contribution in [2.24, 2.45) is 5.92 Å². The number of H-pyrrole nitrogens is 1. The van der Waals surface area contributed by atoms with Gasteiger partial charge in [-0.25, -0.2) is 0 Å². The molecule has 0 bridgehead atoms. The molecule has 3 heterocycles. The van der Waals surface area contributed by atoms with Crippen LogP contribution in [0.4, 0.5) is 0 Å². The average Bonchev–Trinajstić information content (AvgIpc) is 2.79. The van der Waals surface area contributed by atoms with E-state index in [1.807, 2.05) is 29.7 Å². The molecule has 4 rings (SSSR count). The molecule has 108 valence electrons. The van der Waals surface area contributed by atoms with Crippen LogP contribution in [0.1, 0.15) is 5.69 Å². The molecule has 6 heteroatoms. The van der Waals surface area contributed by atoms with Crippen molar-refractivity contribution in [1.82, 2.24) is 20.1 Å². The Morgan fingerprint density at radius 3 is 2.95 bits per heavy atom. The second-order valence-corrected chi connectivity index (χ2v) is 6.11. The lowest BCUT2D eigenvalue weighted by molar-refractivity contribution is 0.308. The number of pyridine rings is 1. The summed E-state index contributed by atoms with van der Waals surface area (Å²) in [5, 5.41) is 12.7. The first-order chi connectivity index (χ1) is 10.1. The molecule has 0 saturated carbocycles. The number of aryl methyl sites for hydroxylation is 1. The highest BCUT2D eigenvalue weighted by Crippen LogP contribution is 2.26. The quantitative estimate of drug-likeness (QED) is 0.761. The Kier molecular flexibility index (Phi) is 2.80. The number of aromatic amines is 1. The van der Waals surface area contributed by atoms with Crippen molar-refractivity contribution in [3.8, 4) is 0 Å². The highest BCUT2D eigenvalue weighted by molar-refractivity contribution is 6.31. The molecule has 2 aromatic heterocycles. The van der Waals surface area contributed by atoms with Crippen molar-refractivity contribution >= 4 is 33.4 Å². The second-order valence-electron chi connectivity index (χ2n) is 5.67. The van der Waals surface area contributed by atoms with Crippen LogP contribution in [-0.2, 0) is 6.54 Å². The fourth-order valence-electron chi connectivity index (χ4n) is 2.98. The van der Waals surface area contributed by atoms with Gasteiger partial charge in [0.1, 0.15) is 5.52 Å². The molecule has 1 aliphatic rings. The van der Waals surface area contributed by atoms with E-state index in [4.69, 9.17) is 11.6 Å². The van der Waals surface area contributed by atoms with Crippen LogP contribution in [0.15, 0.2) is 23.0 Å². The normalized spacial score (nSPS) is 15.7. The van der Waals surface area contributed by atoms with Gasteiger partial charge in [0.25, 0.3) is 5.56 Å². The smallest absolute Gasteiger partial charge is 0.262 e. The molecule has 1 aromatic carbocycles. The minimum absolute atomic E-state index is 0.0259. The molecule has 0 radical (unpaired) electrons. The van der Waals surface area contributed by atoms with E-state index in [0.29, 0.717) is 21.8 Å². The summed E-state index contributed by atoms with van der Waals surface area (Å²) >= 11 is 6.13. The maximum absolute atomic E-state index is 12.8. The summed E-state index contributed by atoms with van der Waals surface area (Å²) in [6.07, 6.45) is 0. The summed E-state index contributed by atoms with van der Waals surface area (Å²) in [5.74, 6) is 0.506. The number of aromatic nitrogens is 3. The molecule has 2 N–H and O–H groups in total. The number of nitrogens with zero attached hydrogens (tertiary/aromatic N) is 2. The summed E-state index contributed by atoms with van der Waals surface area (Å²) in [7, 11) is 0. The zero-order valence-corrected chi connectivity index (χ0v) is 12.4. The highest BCUT2D eigenvalue weighted by Gasteiger charge is 2.21. The van der Waals surface area contributed by atoms with Crippen molar-refractivity contribution in [3.63, 3.8) is 0 Å². The Morgan fingerprint density at radius 2 is 2.24 bits per heavy atom. The monoisotopic (exact) mass is 302 g/mol. The molecule has 1 saturated heterocycles. The maximum atomic E-state index is 12.8. The standard InChI is InChI=1S/C15H15ClN4O/c1-8-13-14(19-18-8)11-4-10(16)2-3-12(11)20(15(13)21)7-9-5-17-6-9/h2-4,9,17H,5-7H2,1H3,(H,18,19). The number of hydrogen-bond donors (Lipinski definition) is 2. The Bertz CT molecular complexity index is 907. The Labute approximate surface area is 125 Å². The van der Waals surface area contributed by atoms with E-state index in [2.05, 4.69) is 15.5 Å². The second kappa shape index (κ2) is 4.58. The van der Waals surface area contributed by atoms with Crippen LogP contribution in [0, 0.1) is 12.8 Å². The van der Waals surface area contributed by atoms with Crippen molar-refractivity contribution in [2.75, 3.05) is 13.1 Å². The third kappa shape index (κ3) is 1.88. The molecule has 1 aliphatic heterocycles. The van der Waals surface area contributed by atoms with Crippen molar-refractivity contribution < 1.29 is 0 Å². The summed E-state index contributed by atoms with van der Waals surface area (Å²) in [6, 6.07) is 5.62. The average molecular weight is 303 g/mol. The Balaban J connectivity index is 2.10. The van der Waals surface area contributed by atoms with E-state index in [-0.39, 0.29) is 5.56 Å². The van der Waals surface area contributed by atoms with E-state index >= 15 is 0 Å². The zero-order valence-electron chi connectivity index (χ0n) is 11.6. The molecule has 0 spiro atoms. The first-order valence-corrected chi connectivity index (χ1v) is 7.40. The van der Waals surface area contributed by atoms with Gasteiger partial charge < -0.3 is 9.88 Å². The van der Waals surface area contributed by atoms with Crippen LogP contribution >= 0.6 is 11.6 Å². The summed E-state index contributed by atoms with van der Waals surface area (Å²) in [4.78, 5) is 12.8. The molecular weight excluding hydrogens is 288 g/mol. The zero-order chi connectivity index (χ0) is 14.6. The number of fused-ring (bicyclic) bond motifs is 3. The van der Waals surface area contributed by atoms with Crippen molar-refractivity contribution in [2.45, 2.75) is 13.5 Å². The van der Waals surface area contributed by atoms with Gasteiger partial charge >= 0.3 is 0 Å². The lowest BCUT2D eigenvalue weighted by Crippen LogP contribution is -2.45. The third-order valence-corrected chi connectivity index (χ3v) is 4.45. The van der Waals surface area contributed by atoms with E-state index in [0.717, 1.165) is 36.2 Å². The summed E-state index contributed by atoms with van der Waals surface area (Å²) in [6.45, 7) is 4.53. The van der Waals surface area contributed by atoms with E-state index < -0.39 is 0 Å². The molecule has 0 amide bonds. The lowest BCUT2D eigenvalue weighted by atomic mass is 10.0. The molecule has 5 nitrogen and oxygen atoms in total. The van der Waals surface area contributed by atoms with Crippen LogP contribution in [0.25, 0.3) is 21.8 Å². The first kappa shape index (κ1) is 12.9. The minimum Gasteiger partial charge on any atom is -0.316 e.